The maximum absolute atomic E-state index is 13.5. The van der Waals surface area contributed by atoms with Crippen LogP contribution in [0, 0.1) is 6.92 Å². The number of sulfonamides is 1. The van der Waals surface area contributed by atoms with E-state index < -0.39 is 28.5 Å². The van der Waals surface area contributed by atoms with E-state index in [1.165, 1.54) is 12.0 Å². The first-order valence-electron chi connectivity index (χ1n) is 10.8. The van der Waals surface area contributed by atoms with Crippen LogP contribution in [0.5, 0.6) is 5.75 Å². The van der Waals surface area contributed by atoms with Gasteiger partial charge in [-0.15, -0.1) is 0 Å². The smallest absolute Gasteiger partial charge is 0.244 e. The maximum atomic E-state index is 13.5. The van der Waals surface area contributed by atoms with E-state index in [-0.39, 0.29) is 12.5 Å². The van der Waals surface area contributed by atoms with Crippen molar-refractivity contribution in [1.29, 1.82) is 0 Å². The van der Waals surface area contributed by atoms with Gasteiger partial charge in [-0.2, -0.15) is 0 Å². The highest BCUT2D eigenvalue weighted by Crippen LogP contribution is 2.22. The number of amides is 2. The third kappa shape index (κ3) is 7.21. The van der Waals surface area contributed by atoms with Gasteiger partial charge in [0.05, 0.1) is 19.1 Å². The van der Waals surface area contributed by atoms with Crippen molar-refractivity contribution in [3.05, 3.63) is 59.7 Å². The average molecular weight is 476 g/mol. The minimum atomic E-state index is -3.76. The molecule has 2 aromatic rings. The van der Waals surface area contributed by atoms with Crippen molar-refractivity contribution in [2.45, 2.75) is 39.8 Å². The summed E-state index contributed by atoms with van der Waals surface area (Å²) in [6.45, 7) is 5.79. The molecule has 2 amide bonds. The van der Waals surface area contributed by atoms with Gasteiger partial charge < -0.3 is 15.0 Å². The van der Waals surface area contributed by atoms with Gasteiger partial charge in [0.1, 0.15) is 18.3 Å². The Labute approximate surface area is 196 Å². The number of carbonyl (C=O) groups excluding carboxylic acids is 2. The Balaban J connectivity index is 2.41. The van der Waals surface area contributed by atoms with E-state index in [0.29, 0.717) is 24.4 Å². The van der Waals surface area contributed by atoms with E-state index >= 15 is 0 Å². The Morgan fingerprint density at radius 3 is 2.27 bits per heavy atom. The van der Waals surface area contributed by atoms with E-state index in [9.17, 15) is 18.0 Å². The van der Waals surface area contributed by atoms with Gasteiger partial charge in [0, 0.05) is 13.1 Å². The van der Waals surface area contributed by atoms with E-state index in [1.54, 1.807) is 24.3 Å². The molecule has 2 rings (SSSR count). The summed E-state index contributed by atoms with van der Waals surface area (Å²) < 4.78 is 31.3. The van der Waals surface area contributed by atoms with Gasteiger partial charge >= 0.3 is 0 Å². The van der Waals surface area contributed by atoms with Crippen LogP contribution in [0.1, 0.15) is 31.4 Å². The van der Waals surface area contributed by atoms with E-state index in [4.69, 9.17) is 4.74 Å². The van der Waals surface area contributed by atoms with E-state index in [0.717, 1.165) is 21.7 Å². The second-order valence-corrected chi connectivity index (χ2v) is 9.70. The number of likely N-dealkylation sites (N-methyl/N-ethyl adjacent to an activating group) is 1. The molecule has 0 fully saturated rings. The van der Waals surface area contributed by atoms with Crippen LogP contribution >= 0.6 is 0 Å². The SMILES string of the molecule is CCNC(=O)C(CC)N(Cc1cccc(C)c1)C(=O)CN(c1ccc(OC)cc1)S(C)(=O)=O. The molecule has 0 spiro atoms. The predicted molar refractivity (Wildman–Crippen MR) is 130 cm³/mol. The molecule has 33 heavy (non-hydrogen) atoms. The summed E-state index contributed by atoms with van der Waals surface area (Å²) in [4.78, 5) is 27.7. The number of benzene rings is 2. The fraction of sp³-hybridized carbons (Fsp3) is 0.417. The maximum Gasteiger partial charge on any atom is 0.244 e. The molecule has 0 saturated carbocycles. The lowest BCUT2D eigenvalue weighted by Crippen LogP contribution is -2.52. The first-order chi connectivity index (χ1) is 15.6. The average Bonchev–Trinajstić information content (AvgIpc) is 2.76. The van der Waals surface area contributed by atoms with Gasteiger partial charge in [0.15, 0.2) is 0 Å². The van der Waals surface area contributed by atoms with Crippen molar-refractivity contribution in [1.82, 2.24) is 10.2 Å². The molecule has 0 aromatic heterocycles. The van der Waals surface area contributed by atoms with Crippen LogP contribution in [-0.2, 0) is 26.2 Å². The molecule has 0 aliphatic heterocycles. The summed E-state index contributed by atoms with van der Waals surface area (Å²) in [5, 5.41) is 2.78. The lowest BCUT2D eigenvalue weighted by molar-refractivity contribution is -0.140. The number of anilines is 1. The summed E-state index contributed by atoms with van der Waals surface area (Å²) >= 11 is 0. The Kier molecular flexibility index (Phi) is 9.28. The standard InChI is InChI=1S/C24H33N3O5S/c1-6-22(24(29)25-7-2)26(16-19-10-8-9-18(3)15-19)23(28)17-27(33(5,30)31)20-11-13-21(32-4)14-12-20/h8-15,22H,6-7,16-17H2,1-5H3,(H,25,29). The summed E-state index contributed by atoms with van der Waals surface area (Å²) in [5.41, 5.74) is 2.23. The van der Waals surface area contributed by atoms with Crippen molar-refractivity contribution in [2.24, 2.45) is 0 Å². The molecule has 0 aliphatic rings. The number of ether oxygens (including phenoxy) is 1. The third-order valence-corrected chi connectivity index (χ3v) is 6.35. The monoisotopic (exact) mass is 475 g/mol. The molecular formula is C24H33N3O5S. The van der Waals surface area contributed by atoms with Gasteiger partial charge in [-0.3, -0.25) is 13.9 Å². The van der Waals surface area contributed by atoms with Crippen molar-refractivity contribution in [3.8, 4) is 5.75 Å². The van der Waals surface area contributed by atoms with Gasteiger partial charge in [-0.05, 0) is 50.1 Å². The zero-order valence-electron chi connectivity index (χ0n) is 19.9. The molecule has 0 radical (unpaired) electrons. The van der Waals surface area contributed by atoms with Gasteiger partial charge in [-0.25, -0.2) is 8.42 Å². The van der Waals surface area contributed by atoms with Gasteiger partial charge in [-0.1, -0.05) is 36.8 Å². The van der Waals surface area contributed by atoms with E-state index in [2.05, 4.69) is 5.32 Å². The Bertz CT molecular complexity index is 1050. The topological polar surface area (TPSA) is 96.0 Å². The molecule has 9 heteroatoms. The molecule has 2 aromatic carbocycles. The van der Waals surface area contributed by atoms with Crippen LogP contribution in [-0.4, -0.2) is 57.6 Å². The van der Waals surface area contributed by atoms with Crippen LogP contribution < -0.4 is 14.4 Å². The van der Waals surface area contributed by atoms with Gasteiger partial charge in [0.2, 0.25) is 21.8 Å². The number of nitrogens with zero attached hydrogens (tertiary/aromatic N) is 2. The highest BCUT2D eigenvalue weighted by atomic mass is 32.2. The number of hydrogen-bond acceptors (Lipinski definition) is 5. The Morgan fingerprint density at radius 1 is 1.09 bits per heavy atom. The summed E-state index contributed by atoms with van der Waals surface area (Å²) in [6, 6.07) is 13.4. The fourth-order valence-corrected chi connectivity index (χ4v) is 4.43. The van der Waals surface area contributed by atoms with Gasteiger partial charge in [0.25, 0.3) is 0 Å². The number of nitrogens with one attached hydrogen (secondary N) is 1. The molecule has 1 N–H and O–H groups in total. The van der Waals surface area contributed by atoms with Crippen LogP contribution in [0.25, 0.3) is 0 Å². The number of hydrogen-bond donors (Lipinski definition) is 1. The van der Waals surface area contributed by atoms with Crippen LogP contribution in [0.3, 0.4) is 0 Å². The summed E-state index contributed by atoms with van der Waals surface area (Å²) in [7, 11) is -2.25. The molecule has 180 valence electrons. The number of aryl methyl sites for hydroxylation is 1. The zero-order chi connectivity index (χ0) is 24.6. The minimum Gasteiger partial charge on any atom is -0.497 e. The first kappa shape index (κ1) is 26.2. The largest absolute Gasteiger partial charge is 0.497 e. The second kappa shape index (κ2) is 11.7. The van der Waals surface area contributed by atoms with Crippen molar-refractivity contribution in [2.75, 3.05) is 30.8 Å². The van der Waals surface area contributed by atoms with Crippen LogP contribution in [0.15, 0.2) is 48.5 Å². The minimum absolute atomic E-state index is 0.191. The summed E-state index contributed by atoms with van der Waals surface area (Å²) in [5.74, 6) is -0.158. The first-order valence-corrected chi connectivity index (χ1v) is 12.7. The highest BCUT2D eigenvalue weighted by molar-refractivity contribution is 7.92. The predicted octanol–water partition coefficient (Wildman–Crippen LogP) is 2.71. The van der Waals surface area contributed by atoms with Crippen LogP contribution in [0.4, 0.5) is 5.69 Å². The quantitative estimate of drug-likeness (QED) is 0.539. The Morgan fingerprint density at radius 2 is 1.76 bits per heavy atom. The molecule has 0 saturated heterocycles. The molecule has 0 bridgehead atoms. The third-order valence-electron chi connectivity index (χ3n) is 5.21. The van der Waals surface area contributed by atoms with E-state index in [1.807, 2.05) is 45.0 Å². The number of rotatable bonds is 11. The Hall–Kier alpha value is -3.07. The molecule has 0 heterocycles. The number of methoxy groups -OCH3 is 1. The molecule has 0 aliphatic carbocycles. The molecule has 1 unspecified atom stereocenters. The van der Waals surface area contributed by atoms with Crippen molar-refractivity contribution < 1.29 is 22.7 Å². The fourth-order valence-electron chi connectivity index (χ4n) is 3.58. The number of carbonyl (C=O) groups is 2. The zero-order valence-corrected chi connectivity index (χ0v) is 20.7. The molecular weight excluding hydrogens is 442 g/mol. The lowest BCUT2D eigenvalue weighted by atomic mass is 10.1. The normalized spacial score (nSPS) is 12.0. The van der Waals surface area contributed by atoms with Crippen molar-refractivity contribution in [3.63, 3.8) is 0 Å². The second-order valence-electron chi connectivity index (χ2n) is 7.80. The van der Waals surface area contributed by atoms with Crippen molar-refractivity contribution >= 4 is 27.5 Å². The summed E-state index contributed by atoms with van der Waals surface area (Å²) in [6.07, 6.45) is 1.45. The molecule has 1 atom stereocenters. The highest BCUT2D eigenvalue weighted by Gasteiger charge is 2.31. The molecule has 8 nitrogen and oxygen atoms in total. The lowest BCUT2D eigenvalue weighted by Gasteiger charge is -2.32. The van der Waals surface area contributed by atoms with Crippen LogP contribution in [0.2, 0.25) is 0 Å².